The molecule has 0 spiro atoms. The average Bonchev–Trinajstić information content (AvgIpc) is 2.73. The average molecular weight is 446 g/mol. The molecule has 1 aromatic heterocycles. The summed E-state index contributed by atoms with van der Waals surface area (Å²) in [4.78, 5) is 19.8. The van der Waals surface area contributed by atoms with Gasteiger partial charge >= 0.3 is 5.97 Å². The molecule has 0 saturated heterocycles. The van der Waals surface area contributed by atoms with Crippen LogP contribution in [0.5, 0.6) is 0 Å². The van der Waals surface area contributed by atoms with E-state index >= 15 is 0 Å². The van der Waals surface area contributed by atoms with E-state index < -0.39 is 12.0 Å². The van der Waals surface area contributed by atoms with Crippen molar-refractivity contribution in [3.05, 3.63) is 69.8 Å². The first-order valence-corrected chi connectivity index (χ1v) is 9.95. The van der Waals surface area contributed by atoms with Crippen molar-refractivity contribution in [2.24, 2.45) is 0 Å². The maximum atomic E-state index is 11.0. The van der Waals surface area contributed by atoms with E-state index in [1.54, 1.807) is 31.3 Å². The Hall–Kier alpha value is -2.87. The lowest BCUT2D eigenvalue weighted by Gasteiger charge is -2.13. The van der Waals surface area contributed by atoms with Crippen molar-refractivity contribution < 1.29 is 9.90 Å². The molecule has 0 aliphatic heterocycles. The van der Waals surface area contributed by atoms with Crippen molar-refractivity contribution in [2.45, 2.75) is 26.1 Å². The summed E-state index contributed by atoms with van der Waals surface area (Å²) >= 11 is 12.4. The molecule has 3 aromatic rings. The molecule has 2 aromatic carbocycles. The van der Waals surface area contributed by atoms with Gasteiger partial charge in [0.05, 0.1) is 11.9 Å². The summed E-state index contributed by atoms with van der Waals surface area (Å²) in [6, 6.07) is 12.3. The number of hydrogen-bond donors (Lipinski definition) is 4. The molecule has 0 aliphatic carbocycles. The maximum absolute atomic E-state index is 11.0. The Kier molecular flexibility index (Phi) is 7.10. The van der Waals surface area contributed by atoms with Crippen LogP contribution in [0, 0.1) is 0 Å². The van der Waals surface area contributed by atoms with Gasteiger partial charge in [-0.15, -0.1) is 0 Å². The van der Waals surface area contributed by atoms with Crippen molar-refractivity contribution in [1.82, 2.24) is 15.3 Å². The molecule has 0 unspecified atom stereocenters. The van der Waals surface area contributed by atoms with Crippen molar-refractivity contribution in [1.29, 1.82) is 0 Å². The van der Waals surface area contributed by atoms with Gasteiger partial charge in [0.2, 0.25) is 0 Å². The van der Waals surface area contributed by atoms with Gasteiger partial charge in [-0.1, -0.05) is 47.5 Å². The van der Waals surface area contributed by atoms with Crippen LogP contribution in [-0.2, 0) is 17.9 Å². The third-order valence-corrected chi connectivity index (χ3v) is 5.21. The van der Waals surface area contributed by atoms with E-state index in [-0.39, 0.29) is 5.82 Å². The number of halogens is 2. The molecule has 1 atom stereocenters. The van der Waals surface area contributed by atoms with E-state index in [1.807, 2.05) is 24.3 Å². The van der Waals surface area contributed by atoms with E-state index in [0.717, 1.165) is 16.7 Å². The Balaban J connectivity index is 1.78. The Morgan fingerprint density at radius 1 is 1.17 bits per heavy atom. The fourth-order valence-electron chi connectivity index (χ4n) is 2.74. The Morgan fingerprint density at radius 2 is 1.87 bits per heavy atom. The second kappa shape index (κ2) is 9.75. The van der Waals surface area contributed by atoms with Crippen LogP contribution in [0.15, 0.2) is 48.7 Å². The van der Waals surface area contributed by atoms with Crippen LogP contribution in [0.1, 0.15) is 18.1 Å². The molecule has 0 bridgehead atoms. The summed E-state index contributed by atoms with van der Waals surface area (Å²) in [5.74, 6) is -0.216. The zero-order chi connectivity index (χ0) is 21.7. The first kappa shape index (κ1) is 21.8. The molecule has 0 amide bonds. The molecule has 0 aliphatic rings. The standard InChI is InChI=1S/C21H21Cl2N5O2/c1-12(21(29)30)25-9-13-4-2-5-14(8-13)18-11-26-19(24)20(28-18)27-10-15-16(22)6-3-7-17(15)23/h2-8,11-12,25H,9-10H2,1H3,(H2,24,26)(H,27,28)(H,29,30)/t12-/m0/s1. The fraction of sp³-hybridized carbons (Fsp3) is 0.190. The van der Waals surface area contributed by atoms with Crippen molar-refractivity contribution in [3.63, 3.8) is 0 Å². The molecule has 1 heterocycles. The monoisotopic (exact) mass is 445 g/mol. The van der Waals surface area contributed by atoms with E-state index in [4.69, 9.17) is 34.0 Å². The lowest BCUT2D eigenvalue weighted by Crippen LogP contribution is -2.33. The molecule has 3 rings (SSSR count). The molecule has 7 nitrogen and oxygen atoms in total. The lowest BCUT2D eigenvalue weighted by molar-refractivity contribution is -0.139. The predicted octanol–water partition coefficient (Wildman–Crippen LogP) is 4.21. The second-order valence-corrected chi connectivity index (χ2v) is 7.50. The highest BCUT2D eigenvalue weighted by atomic mass is 35.5. The summed E-state index contributed by atoms with van der Waals surface area (Å²) in [5, 5.41) is 16.2. The fourth-order valence-corrected chi connectivity index (χ4v) is 3.27. The van der Waals surface area contributed by atoms with Gasteiger partial charge in [0.1, 0.15) is 6.04 Å². The van der Waals surface area contributed by atoms with Gasteiger partial charge in [0.25, 0.3) is 0 Å². The molecule has 0 radical (unpaired) electrons. The Labute approximate surface area is 184 Å². The van der Waals surface area contributed by atoms with Gasteiger partial charge in [0, 0.05) is 34.3 Å². The minimum Gasteiger partial charge on any atom is -0.480 e. The largest absolute Gasteiger partial charge is 0.480 e. The second-order valence-electron chi connectivity index (χ2n) is 6.68. The summed E-state index contributed by atoms with van der Waals surface area (Å²) < 4.78 is 0. The van der Waals surface area contributed by atoms with Crippen LogP contribution in [0.4, 0.5) is 11.6 Å². The summed E-state index contributed by atoms with van der Waals surface area (Å²) in [5.41, 5.74) is 9.12. The van der Waals surface area contributed by atoms with Gasteiger partial charge in [-0.2, -0.15) is 0 Å². The maximum Gasteiger partial charge on any atom is 0.320 e. The molecule has 156 valence electrons. The number of carboxylic acid groups (broad SMARTS) is 1. The zero-order valence-corrected chi connectivity index (χ0v) is 17.7. The SMILES string of the molecule is C[C@H](NCc1cccc(-c2cnc(N)c(NCc3c(Cl)cccc3Cl)n2)c1)C(=O)O. The summed E-state index contributed by atoms with van der Waals surface area (Å²) in [6.07, 6.45) is 1.59. The number of nitrogen functional groups attached to an aromatic ring is 1. The van der Waals surface area contributed by atoms with Gasteiger partial charge in [-0.25, -0.2) is 9.97 Å². The Morgan fingerprint density at radius 3 is 2.57 bits per heavy atom. The topological polar surface area (TPSA) is 113 Å². The van der Waals surface area contributed by atoms with Crippen molar-refractivity contribution in [2.75, 3.05) is 11.1 Å². The van der Waals surface area contributed by atoms with Gasteiger partial charge in [-0.3, -0.25) is 4.79 Å². The molecule has 5 N–H and O–H groups in total. The number of carboxylic acids is 1. The minimum atomic E-state index is -0.898. The number of carbonyl (C=O) groups is 1. The summed E-state index contributed by atoms with van der Waals surface area (Å²) in [7, 11) is 0. The Bertz CT molecular complexity index is 1040. The number of nitrogens with two attached hydrogens (primary N) is 1. The van der Waals surface area contributed by atoms with Crippen LogP contribution < -0.4 is 16.4 Å². The number of hydrogen-bond acceptors (Lipinski definition) is 6. The van der Waals surface area contributed by atoms with Crippen LogP contribution in [-0.4, -0.2) is 27.1 Å². The van der Waals surface area contributed by atoms with Gasteiger partial charge < -0.3 is 21.5 Å². The third kappa shape index (κ3) is 5.38. The van der Waals surface area contributed by atoms with Gasteiger partial charge in [-0.05, 0) is 30.7 Å². The molecular weight excluding hydrogens is 425 g/mol. The van der Waals surface area contributed by atoms with Crippen molar-refractivity contribution >= 4 is 40.8 Å². The first-order chi connectivity index (χ1) is 14.3. The number of nitrogens with zero attached hydrogens (tertiary/aromatic N) is 2. The van der Waals surface area contributed by atoms with Crippen molar-refractivity contribution in [3.8, 4) is 11.3 Å². The molecule has 30 heavy (non-hydrogen) atoms. The lowest BCUT2D eigenvalue weighted by atomic mass is 10.1. The predicted molar refractivity (Wildman–Crippen MR) is 120 cm³/mol. The normalized spacial score (nSPS) is 11.8. The zero-order valence-electron chi connectivity index (χ0n) is 16.2. The quantitative estimate of drug-likeness (QED) is 0.410. The highest BCUT2D eigenvalue weighted by Crippen LogP contribution is 2.27. The third-order valence-electron chi connectivity index (χ3n) is 4.50. The van der Waals surface area contributed by atoms with E-state index in [9.17, 15) is 4.79 Å². The van der Waals surface area contributed by atoms with Crippen LogP contribution >= 0.6 is 23.2 Å². The number of rotatable bonds is 8. The molecule has 0 fully saturated rings. The first-order valence-electron chi connectivity index (χ1n) is 9.20. The molecule has 0 saturated carbocycles. The highest BCUT2D eigenvalue weighted by molar-refractivity contribution is 6.36. The number of nitrogens with one attached hydrogen (secondary N) is 2. The van der Waals surface area contributed by atoms with Crippen LogP contribution in [0.2, 0.25) is 10.0 Å². The van der Waals surface area contributed by atoms with E-state index in [0.29, 0.717) is 34.6 Å². The number of benzene rings is 2. The number of aliphatic carboxylic acids is 1. The van der Waals surface area contributed by atoms with E-state index in [2.05, 4.69) is 20.6 Å². The van der Waals surface area contributed by atoms with E-state index in [1.165, 1.54) is 0 Å². The molecule has 9 heteroatoms. The minimum absolute atomic E-state index is 0.259. The number of anilines is 2. The van der Waals surface area contributed by atoms with Crippen LogP contribution in [0.3, 0.4) is 0 Å². The molecular formula is C21H21Cl2N5O2. The smallest absolute Gasteiger partial charge is 0.320 e. The number of aromatic nitrogens is 2. The summed E-state index contributed by atoms with van der Waals surface area (Å²) in [6.45, 7) is 2.36. The van der Waals surface area contributed by atoms with Gasteiger partial charge in [0.15, 0.2) is 11.6 Å². The van der Waals surface area contributed by atoms with Crippen LogP contribution in [0.25, 0.3) is 11.3 Å². The highest BCUT2D eigenvalue weighted by Gasteiger charge is 2.12.